The number of anilines is 1. The molecule has 0 aliphatic heterocycles. The number of hydrogen-bond donors (Lipinski definition) is 1. The van der Waals surface area contributed by atoms with E-state index in [1.807, 2.05) is 37.3 Å². The zero-order chi connectivity index (χ0) is 14.4. The molecule has 2 N–H and O–H groups in total. The maximum absolute atomic E-state index is 12.4. The first-order valence-corrected chi connectivity index (χ1v) is 6.60. The fourth-order valence-corrected chi connectivity index (χ4v) is 2.04. The van der Waals surface area contributed by atoms with E-state index in [0.29, 0.717) is 12.3 Å². The molecule has 0 saturated heterocycles. The zero-order valence-corrected chi connectivity index (χ0v) is 11.5. The summed E-state index contributed by atoms with van der Waals surface area (Å²) in [7, 11) is 0. The fraction of sp³-hybridized carbons (Fsp3) is 0.250. The molecule has 1 unspecified atom stereocenters. The van der Waals surface area contributed by atoms with Crippen molar-refractivity contribution in [1.82, 2.24) is 4.98 Å². The third-order valence-corrected chi connectivity index (χ3v) is 3.03. The number of ketones is 1. The molecule has 1 heterocycles. The fourth-order valence-electron chi connectivity index (χ4n) is 2.04. The molecular weight excluding hydrogens is 252 g/mol. The SMILES string of the molecule is CCOC(C(=O)Cc1cnccc1N)c1ccccc1. The number of carbonyl (C=O) groups excluding carboxylic acids is 1. The Morgan fingerprint density at radius 1 is 1.30 bits per heavy atom. The number of hydrogen-bond acceptors (Lipinski definition) is 4. The van der Waals surface area contributed by atoms with Gasteiger partial charge in [-0.2, -0.15) is 0 Å². The van der Waals surface area contributed by atoms with Gasteiger partial charge in [-0.25, -0.2) is 0 Å². The lowest BCUT2D eigenvalue weighted by atomic mass is 10.00. The summed E-state index contributed by atoms with van der Waals surface area (Å²) in [4.78, 5) is 16.5. The van der Waals surface area contributed by atoms with Crippen LogP contribution in [0.15, 0.2) is 48.8 Å². The number of aromatic nitrogens is 1. The number of pyridine rings is 1. The van der Waals surface area contributed by atoms with Gasteiger partial charge in [0, 0.05) is 36.7 Å². The first-order valence-electron chi connectivity index (χ1n) is 6.60. The second kappa shape index (κ2) is 6.82. The predicted molar refractivity (Wildman–Crippen MR) is 78.2 cm³/mol. The molecule has 0 radical (unpaired) electrons. The lowest BCUT2D eigenvalue weighted by molar-refractivity contribution is -0.130. The Bertz CT molecular complexity index is 570. The molecule has 0 bridgehead atoms. The maximum Gasteiger partial charge on any atom is 0.170 e. The number of carbonyl (C=O) groups is 1. The van der Waals surface area contributed by atoms with Crippen LogP contribution in [0.25, 0.3) is 0 Å². The minimum atomic E-state index is -0.555. The van der Waals surface area contributed by atoms with Gasteiger partial charge in [0.25, 0.3) is 0 Å². The quantitative estimate of drug-likeness (QED) is 0.876. The highest BCUT2D eigenvalue weighted by molar-refractivity contribution is 5.87. The highest BCUT2D eigenvalue weighted by atomic mass is 16.5. The third kappa shape index (κ3) is 3.42. The molecule has 0 saturated carbocycles. The van der Waals surface area contributed by atoms with Gasteiger partial charge in [0.05, 0.1) is 0 Å². The Morgan fingerprint density at radius 2 is 2.05 bits per heavy atom. The van der Waals surface area contributed by atoms with E-state index in [-0.39, 0.29) is 12.2 Å². The van der Waals surface area contributed by atoms with E-state index in [2.05, 4.69) is 4.98 Å². The van der Waals surface area contributed by atoms with Gasteiger partial charge in [0.15, 0.2) is 5.78 Å². The Hall–Kier alpha value is -2.20. The molecule has 0 fully saturated rings. The van der Waals surface area contributed by atoms with Gasteiger partial charge < -0.3 is 10.5 Å². The number of nitrogen functional groups attached to an aromatic ring is 1. The van der Waals surface area contributed by atoms with Crippen LogP contribution < -0.4 is 5.73 Å². The van der Waals surface area contributed by atoms with Crippen molar-refractivity contribution in [2.45, 2.75) is 19.4 Å². The van der Waals surface area contributed by atoms with Gasteiger partial charge in [0.2, 0.25) is 0 Å². The molecule has 1 aromatic heterocycles. The van der Waals surface area contributed by atoms with Crippen LogP contribution in [-0.2, 0) is 16.0 Å². The molecule has 0 aliphatic carbocycles. The van der Waals surface area contributed by atoms with Crippen LogP contribution in [0.2, 0.25) is 0 Å². The minimum absolute atomic E-state index is 0.0160. The molecule has 2 rings (SSSR count). The zero-order valence-electron chi connectivity index (χ0n) is 11.5. The molecule has 0 spiro atoms. The first kappa shape index (κ1) is 14.2. The van der Waals surface area contributed by atoms with Crippen molar-refractivity contribution in [2.75, 3.05) is 12.3 Å². The molecule has 20 heavy (non-hydrogen) atoms. The van der Waals surface area contributed by atoms with E-state index in [1.165, 1.54) is 0 Å². The summed E-state index contributed by atoms with van der Waals surface area (Å²) in [6.45, 7) is 2.36. The molecular formula is C16H18N2O2. The van der Waals surface area contributed by atoms with E-state index in [4.69, 9.17) is 10.5 Å². The highest BCUT2D eigenvalue weighted by Crippen LogP contribution is 2.21. The van der Waals surface area contributed by atoms with Gasteiger partial charge in [-0.05, 0) is 18.6 Å². The van der Waals surface area contributed by atoms with Gasteiger partial charge >= 0.3 is 0 Å². The lowest BCUT2D eigenvalue weighted by Crippen LogP contribution is -2.19. The summed E-state index contributed by atoms with van der Waals surface area (Å²) < 4.78 is 5.59. The Balaban J connectivity index is 2.18. The topological polar surface area (TPSA) is 65.2 Å². The molecule has 2 aromatic rings. The van der Waals surface area contributed by atoms with Crippen molar-refractivity contribution in [1.29, 1.82) is 0 Å². The van der Waals surface area contributed by atoms with Crippen LogP contribution in [0, 0.1) is 0 Å². The molecule has 1 atom stereocenters. The molecule has 4 nitrogen and oxygen atoms in total. The number of rotatable bonds is 6. The van der Waals surface area contributed by atoms with Crippen molar-refractivity contribution < 1.29 is 9.53 Å². The average Bonchev–Trinajstić information content (AvgIpc) is 2.48. The highest BCUT2D eigenvalue weighted by Gasteiger charge is 2.21. The predicted octanol–water partition coefficient (Wildman–Crippen LogP) is 2.55. The second-order valence-corrected chi connectivity index (χ2v) is 4.46. The summed E-state index contributed by atoms with van der Waals surface area (Å²) in [6.07, 6.45) is 2.90. The van der Waals surface area contributed by atoms with E-state index in [0.717, 1.165) is 11.1 Å². The smallest absolute Gasteiger partial charge is 0.170 e. The summed E-state index contributed by atoms with van der Waals surface area (Å²) in [5.74, 6) is -0.0160. The molecule has 0 aliphatic rings. The standard InChI is InChI=1S/C16H18N2O2/c1-2-20-16(12-6-4-3-5-7-12)15(19)10-13-11-18-9-8-14(13)17/h3-9,11,16H,2,10H2,1H3,(H2,17,18). The number of ether oxygens (including phenoxy) is 1. The Kier molecular flexibility index (Phi) is 4.85. The van der Waals surface area contributed by atoms with Crippen LogP contribution in [0.1, 0.15) is 24.2 Å². The summed E-state index contributed by atoms with van der Waals surface area (Å²) in [5, 5.41) is 0. The number of nitrogens with two attached hydrogens (primary N) is 1. The van der Waals surface area contributed by atoms with E-state index < -0.39 is 6.10 Å². The summed E-state index contributed by atoms with van der Waals surface area (Å²) in [5.41, 5.74) is 8.03. The van der Waals surface area contributed by atoms with Gasteiger partial charge in [-0.1, -0.05) is 30.3 Å². The van der Waals surface area contributed by atoms with Crippen molar-refractivity contribution >= 4 is 11.5 Å². The van der Waals surface area contributed by atoms with Crippen molar-refractivity contribution in [2.24, 2.45) is 0 Å². The lowest BCUT2D eigenvalue weighted by Gasteiger charge is -2.16. The molecule has 104 valence electrons. The normalized spacial score (nSPS) is 12.1. The minimum Gasteiger partial charge on any atom is -0.398 e. The molecule has 0 amide bonds. The van der Waals surface area contributed by atoms with Crippen LogP contribution in [-0.4, -0.2) is 17.4 Å². The van der Waals surface area contributed by atoms with Crippen LogP contribution >= 0.6 is 0 Å². The summed E-state index contributed by atoms with van der Waals surface area (Å²) in [6, 6.07) is 11.2. The number of Topliss-reactive ketones (excluding diaryl/α,β-unsaturated/α-hetero) is 1. The number of nitrogens with zero attached hydrogens (tertiary/aromatic N) is 1. The van der Waals surface area contributed by atoms with Crippen molar-refractivity contribution in [3.05, 3.63) is 59.9 Å². The van der Waals surface area contributed by atoms with E-state index in [1.54, 1.807) is 18.5 Å². The summed E-state index contributed by atoms with van der Waals surface area (Å²) >= 11 is 0. The third-order valence-electron chi connectivity index (χ3n) is 3.03. The molecule has 4 heteroatoms. The maximum atomic E-state index is 12.4. The van der Waals surface area contributed by atoms with Crippen molar-refractivity contribution in [3.8, 4) is 0 Å². The monoisotopic (exact) mass is 270 g/mol. The Labute approximate surface area is 118 Å². The number of benzene rings is 1. The van der Waals surface area contributed by atoms with Crippen LogP contribution in [0.4, 0.5) is 5.69 Å². The van der Waals surface area contributed by atoms with Gasteiger partial charge in [0.1, 0.15) is 6.10 Å². The van der Waals surface area contributed by atoms with E-state index >= 15 is 0 Å². The average molecular weight is 270 g/mol. The van der Waals surface area contributed by atoms with Crippen molar-refractivity contribution in [3.63, 3.8) is 0 Å². The van der Waals surface area contributed by atoms with Crippen LogP contribution in [0.3, 0.4) is 0 Å². The van der Waals surface area contributed by atoms with Gasteiger partial charge in [-0.15, -0.1) is 0 Å². The van der Waals surface area contributed by atoms with Crippen LogP contribution in [0.5, 0.6) is 0 Å². The van der Waals surface area contributed by atoms with E-state index in [9.17, 15) is 4.79 Å². The largest absolute Gasteiger partial charge is 0.398 e. The Morgan fingerprint density at radius 3 is 2.70 bits per heavy atom. The second-order valence-electron chi connectivity index (χ2n) is 4.46. The first-order chi connectivity index (χ1) is 9.72. The molecule has 1 aromatic carbocycles. The van der Waals surface area contributed by atoms with Gasteiger partial charge in [-0.3, -0.25) is 9.78 Å².